The summed E-state index contributed by atoms with van der Waals surface area (Å²) < 4.78 is 11.1. The number of aryl methyl sites for hydroxylation is 1. The fourth-order valence-electron chi connectivity index (χ4n) is 1.98. The Morgan fingerprint density at radius 1 is 1.43 bits per heavy atom. The summed E-state index contributed by atoms with van der Waals surface area (Å²) in [6.45, 7) is 3.54. The van der Waals surface area contributed by atoms with Gasteiger partial charge in [0, 0.05) is 16.0 Å². The minimum absolute atomic E-state index is 0.233. The number of benzene rings is 1. The maximum atomic E-state index is 11.4. The van der Waals surface area contributed by atoms with Gasteiger partial charge in [0.05, 0.1) is 6.61 Å². The van der Waals surface area contributed by atoms with Gasteiger partial charge in [0.25, 0.3) is 0 Å². The van der Waals surface area contributed by atoms with Crippen molar-refractivity contribution >= 4 is 27.6 Å². The lowest BCUT2D eigenvalue weighted by molar-refractivity contribution is 0.000238. The highest BCUT2D eigenvalue weighted by Crippen LogP contribution is 2.28. The van der Waals surface area contributed by atoms with Crippen molar-refractivity contribution in [3.8, 4) is 6.07 Å². The van der Waals surface area contributed by atoms with Crippen molar-refractivity contribution in [2.75, 3.05) is 6.61 Å². The van der Waals surface area contributed by atoms with Crippen LogP contribution in [-0.4, -0.2) is 18.4 Å². The number of hydrogen-bond donors (Lipinski definition) is 0. The van der Waals surface area contributed by atoms with Crippen molar-refractivity contribution in [2.24, 2.45) is 0 Å². The van der Waals surface area contributed by atoms with Crippen LogP contribution in [0, 0.1) is 11.3 Å². The first-order chi connectivity index (χ1) is 10.1. The van der Waals surface area contributed by atoms with Gasteiger partial charge in [0.15, 0.2) is 5.60 Å². The number of nitriles is 1. The number of fused-ring (bicyclic) bond motifs is 1. The predicted molar refractivity (Wildman–Crippen MR) is 82.3 cm³/mol. The van der Waals surface area contributed by atoms with E-state index in [1.807, 2.05) is 12.1 Å². The number of thiophene rings is 1. The van der Waals surface area contributed by atoms with E-state index in [1.54, 1.807) is 25.2 Å². The number of carbonyl (C=O) groups is 1. The average Bonchev–Trinajstić information content (AvgIpc) is 2.88. The molecule has 110 valence electrons. The van der Waals surface area contributed by atoms with Crippen LogP contribution in [0.25, 0.3) is 10.1 Å². The van der Waals surface area contributed by atoms with Gasteiger partial charge < -0.3 is 9.47 Å². The SMILES string of the molecule is CCOC(=O)OC(C)(C#N)CCc1cc2ccccc2s1. The Hall–Kier alpha value is -2.06. The Morgan fingerprint density at radius 3 is 2.86 bits per heavy atom. The molecule has 1 heterocycles. The number of hydrogen-bond acceptors (Lipinski definition) is 5. The highest BCUT2D eigenvalue weighted by atomic mass is 32.1. The summed E-state index contributed by atoms with van der Waals surface area (Å²) in [7, 11) is 0. The second-order valence-corrected chi connectivity index (χ2v) is 6.05. The number of ether oxygens (including phenoxy) is 2. The molecular weight excluding hydrogens is 286 g/mol. The molecule has 0 aliphatic carbocycles. The molecule has 0 saturated heterocycles. The van der Waals surface area contributed by atoms with Crippen molar-refractivity contribution < 1.29 is 14.3 Å². The van der Waals surface area contributed by atoms with Crippen LogP contribution in [0.5, 0.6) is 0 Å². The quantitative estimate of drug-likeness (QED) is 0.773. The van der Waals surface area contributed by atoms with Gasteiger partial charge in [-0.3, -0.25) is 0 Å². The van der Waals surface area contributed by atoms with Crippen LogP contribution < -0.4 is 0 Å². The molecule has 1 aromatic carbocycles. The second-order valence-electron chi connectivity index (χ2n) is 4.88. The van der Waals surface area contributed by atoms with E-state index in [-0.39, 0.29) is 6.61 Å². The summed E-state index contributed by atoms with van der Waals surface area (Å²) in [4.78, 5) is 12.5. The molecule has 4 nitrogen and oxygen atoms in total. The van der Waals surface area contributed by atoms with E-state index in [1.165, 1.54) is 15.0 Å². The number of carbonyl (C=O) groups excluding carboxylic acids is 1. The van der Waals surface area contributed by atoms with Crippen LogP contribution in [-0.2, 0) is 15.9 Å². The first kappa shape index (κ1) is 15.3. The Labute approximate surface area is 127 Å². The highest BCUT2D eigenvalue weighted by Gasteiger charge is 2.29. The topological polar surface area (TPSA) is 59.3 Å². The van der Waals surface area contributed by atoms with Crippen LogP contribution in [0.2, 0.25) is 0 Å². The molecule has 21 heavy (non-hydrogen) atoms. The van der Waals surface area contributed by atoms with Crippen molar-refractivity contribution in [1.82, 2.24) is 0 Å². The van der Waals surface area contributed by atoms with E-state index in [0.717, 1.165) is 0 Å². The van der Waals surface area contributed by atoms with Gasteiger partial charge in [-0.15, -0.1) is 11.3 Å². The largest absolute Gasteiger partial charge is 0.509 e. The van der Waals surface area contributed by atoms with E-state index < -0.39 is 11.8 Å². The Kier molecular flexibility index (Phi) is 4.81. The lowest BCUT2D eigenvalue weighted by Crippen LogP contribution is -2.31. The van der Waals surface area contributed by atoms with E-state index in [0.29, 0.717) is 12.8 Å². The van der Waals surface area contributed by atoms with Crippen LogP contribution in [0.15, 0.2) is 30.3 Å². The van der Waals surface area contributed by atoms with Gasteiger partial charge in [-0.25, -0.2) is 4.79 Å². The minimum atomic E-state index is -1.16. The Bertz CT molecular complexity index is 640. The van der Waals surface area contributed by atoms with E-state index in [9.17, 15) is 10.1 Å². The van der Waals surface area contributed by atoms with Gasteiger partial charge in [0.1, 0.15) is 6.07 Å². The average molecular weight is 303 g/mol. The summed E-state index contributed by atoms with van der Waals surface area (Å²) >= 11 is 1.70. The third-order valence-corrected chi connectivity index (χ3v) is 4.31. The minimum Gasteiger partial charge on any atom is -0.435 e. The molecule has 0 fully saturated rings. The van der Waals surface area contributed by atoms with Crippen molar-refractivity contribution in [3.05, 3.63) is 35.2 Å². The van der Waals surface area contributed by atoms with Gasteiger partial charge >= 0.3 is 6.16 Å². The first-order valence-electron chi connectivity index (χ1n) is 6.81. The van der Waals surface area contributed by atoms with E-state index in [2.05, 4.69) is 24.3 Å². The fraction of sp³-hybridized carbons (Fsp3) is 0.375. The molecule has 0 spiro atoms. The Morgan fingerprint density at radius 2 is 2.19 bits per heavy atom. The van der Waals surface area contributed by atoms with E-state index >= 15 is 0 Å². The maximum Gasteiger partial charge on any atom is 0.509 e. The van der Waals surface area contributed by atoms with Crippen molar-refractivity contribution in [2.45, 2.75) is 32.3 Å². The first-order valence-corrected chi connectivity index (χ1v) is 7.62. The lowest BCUT2D eigenvalue weighted by atomic mass is 10.0. The molecule has 0 saturated carbocycles. The fourth-order valence-corrected chi connectivity index (χ4v) is 3.05. The molecule has 5 heteroatoms. The third kappa shape index (κ3) is 3.96. The lowest BCUT2D eigenvalue weighted by Gasteiger charge is -2.20. The summed E-state index contributed by atoms with van der Waals surface area (Å²) in [5.41, 5.74) is -1.16. The van der Waals surface area contributed by atoms with Gasteiger partial charge in [-0.2, -0.15) is 5.26 Å². The molecule has 1 unspecified atom stereocenters. The monoisotopic (exact) mass is 303 g/mol. The second kappa shape index (κ2) is 6.59. The molecule has 2 aromatic rings. The Balaban J connectivity index is 2.02. The smallest absolute Gasteiger partial charge is 0.435 e. The summed E-state index contributed by atoms with van der Waals surface area (Å²) in [6.07, 6.45) is 0.329. The van der Waals surface area contributed by atoms with Crippen molar-refractivity contribution in [3.63, 3.8) is 0 Å². The zero-order valence-electron chi connectivity index (χ0n) is 12.1. The van der Waals surface area contributed by atoms with Gasteiger partial charge in [-0.05, 0) is 37.8 Å². The van der Waals surface area contributed by atoms with Crippen LogP contribution in [0.3, 0.4) is 0 Å². The van der Waals surface area contributed by atoms with E-state index in [4.69, 9.17) is 9.47 Å². The van der Waals surface area contributed by atoms with Crippen LogP contribution >= 0.6 is 11.3 Å². The molecule has 0 N–H and O–H groups in total. The zero-order valence-corrected chi connectivity index (χ0v) is 12.9. The van der Waals surface area contributed by atoms with Crippen LogP contribution in [0.1, 0.15) is 25.1 Å². The summed E-state index contributed by atoms with van der Waals surface area (Å²) in [5, 5.41) is 10.4. The highest BCUT2D eigenvalue weighted by molar-refractivity contribution is 7.19. The normalized spacial score (nSPS) is 13.4. The zero-order chi connectivity index (χ0) is 15.3. The standard InChI is InChI=1S/C16H17NO3S/c1-3-19-15(18)20-16(2,11-17)9-8-13-10-12-6-4-5-7-14(12)21-13/h4-7,10H,3,8-9H2,1-2H3. The number of nitrogens with zero attached hydrogens (tertiary/aromatic N) is 1. The molecule has 2 rings (SSSR count). The molecule has 0 bridgehead atoms. The van der Waals surface area contributed by atoms with Gasteiger partial charge in [0.2, 0.25) is 0 Å². The molecule has 1 atom stereocenters. The van der Waals surface area contributed by atoms with Gasteiger partial charge in [-0.1, -0.05) is 18.2 Å². The predicted octanol–water partition coefficient (Wildman–Crippen LogP) is 4.29. The molecule has 0 amide bonds. The molecule has 0 aliphatic heterocycles. The molecular formula is C16H17NO3S. The molecule has 0 radical (unpaired) electrons. The van der Waals surface area contributed by atoms with Crippen LogP contribution in [0.4, 0.5) is 4.79 Å². The molecule has 0 aliphatic rings. The van der Waals surface area contributed by atoms with Crippen molar-refractivity contribution in [1.29, 1.82) is 5.26 Å². The third-order valence-electron chi connectivity index (χ3n) is 3.13. The number of rotatable bonds is 5. The summed E-state index contributed by atoms with van der Waals surface area (Å²) in [6, 6.07) is 12.3. The maximum absolute atomic E-state index is 11.4. The summed E-state index contributed by atoms with van der Waals surface area (Å²) in [5.74, 6) is 0. The molecule has 1 aromatic heterocycles.